The van der Waals surface area contributed by atoms with Crippen LogP contribution in [-0.2, 0) is 15.2 Å². The van der Waals surface area contributed by atoms with Gasteiger partial charge in [0.05, 0.1) is 22.9 Å². The molecule has 5 nitrogen and oxygen atoms in total. The molecule has 0 bridgehead atoms. The first-order valence-corrected chi connectivity index (χ1v) is 13.3. The number of hydrogen-bond donors (Lipinski definition) is 0. The Morgan fingerprint density at radius 3 is 2.57 bits per heavy atom. The Morgan fingerprint density at radius 2 is 1.90 bits per heavy atom. The monoisotopic (exact) mass is 506 g/mol. The van der Waals surface area contributed by atoms with Gasteiger partial charge in [0.25, 0.3) is 0 Å². The van der Waals surface area contributed by atoms with Crippen molar-refractivity contribution in [1.82, 2.24) is 4.98 Å². The van der Waals surface area contributed by atoms with E-state index in [9.17, 15) is 8.42 Å². The number of alkyl halides is 1. The van der Waals surface area contributed by atoms with E-state index in [1.807, 2.05) is 41.8 Å². The number of halogens is 1. The lowest BCUT2D eigenvalue weighted by Crippen LogP contribution is -2.39. The largest absolute Gasteiger partial charge is 0.497 e. The Kier molecular flexibility index (Phi) is 6.46. The summed E-state index contributed by atoms with van der Waals surface area (Å²) in [5.74, 6) is 0.803. The molecule has 8 heteroatoms. The van der Waals surface area contributed by atoms with Crippen LogP contribution in [0.25, 0.3) is 11.3 Å². The molecular weight excluding hydrogens is 484 g/mol. The van der Waals surface area contributed by atoms with E-state index in [4.69, 9.17) is 9.72 Å². The Morgan fingerprint density at radius 1 is 1.17 bits per heavy atom. The van der Waals surface area contributed by atoms with Crippen LogP contribution in [0.5, 0.6) is 5.75 Å². The minimum Gasteiger partial charge on any atom is -0.497 e. The number of nitrogens with zero attached hydrogens (tertiary/aromatic N) is 2. The highest BCUT2D eigenvalue weighted by molar-refractivity contribution is 9.08. The lowest BCUT2D eigenvalue weighted by Gasteiger charge is -2.31. The predicted molar refractivity (Wildman–Crippen MR) is 126 cm³/mol. The quantitative estimate of drug-likeness (QED) is 0.432. The maximum Gasteiger partial charge on any atom is 0.185 e. The van der Waals surface area contributed by atoms with Gasteiger partial charge in [-0.3, -0.25) is 0 Å². The molecule has 1 aliphatic heterocycles. The fourth-order valence-corrected chi connectivity index (χ4v) is 6.64. The van der Waals surface area contributed by atoms with Crippen LogP contribution in [-0.4, -0.2) is 38.9 Å². The molecule has 1 fully saturated rings. The molecule has 0 atom stereocenters. The van der Waals surface area contributed by atoms with Gasteiger partial charge in [-0.1, -0.05) is 40.2 Å². The molecule has 0 unspecified atom stereocenters. The third-order valence-electron chi connectivity index (χ3n) is 5.42. The summed E-state index contributed by atoms with van der Waals surface area (Å²) in [6, 6.07) is 15.0. The Hall–Kier alpha value is -1.90. The predicted octanol–water partition coefficient (Wildman–Crippen LogP) is 5.16. The fraction of sp³-hybridized carbons (Fsp3) is 0.318. The molecule has 4 rings (SSSR count). The molecule has 0 amide bonds. The van der Waals surface area contributed by atoms with Gasteiger partial charge < -0.3 is 9.64 Å². The molecule has 1 aromatic heterocycles. The molecule has 0 saturated carbocycles. The van der Waals surface area contributed by atoms with E-state index in [-0.39, 0.29) is 5.25 Å². The van der Waals surface area contributed by atoms with Crippen LogP contribution >= 0.6 is 27.3 Å². The standard InChI is InChI=1S/C22H23BrN2O3S2/c1-28-18-4-2-3-17(13-18)21-15-29-22(24-21)25-11-9-20(10-12-25)30(26,27)19-7-5-16(14-23)6-8-19/h2-8,13,15,20H,9-12,14H2,1H3. The van der Waals surface area contributed by atoms with Gasteiger partial charge in [-0.25, -0.2) is 13.4 Å². The van der Waals surface area contributed by atoms with E-state index >= 15 is 0 Å². The number of benzene rings is 2. The van der Waals surface area contributed by atoms with Crippen molar-refractivity contribution in [3.05, 3.63) is 59.5 Å². The van der Waals surface area contributed by atoms with Gasteiger partial charge in [0.2, 0.25) is 0 Å². The van der Waals surface area contributed by atoms with E-state index in [1.54, 1.807) is 30.6 Å². The van der Waals surface area contributed by atoms with Gasteiger partial charge >= 0.3 is 0 Å². The number of piperidine rings is 1. The number of rotatable bonds is 6. The maximum absolute atomic E-state index is 13.0. The molecule has 1 saturated heterocycles. The number of hydrogen-bond acceptors (Lipinski definition) is 6. The van der Waals surface area contributed by atoms with Crippen molar-refractivity contribution >= 4 is 42.2 Å². The second-order valence-corrected chi connectivity index (χ2v) is 10.9. The topological polar surface area (TPSA) is 59.5 Å². The minimum atomic E-state index is -3.31. The van der Waals surface area contributed by atoms with Crippen molar-refractivity contribution < 1.29 is 13.2 Å². The fourth-order valence-electron chi connectivity index (χ4n) is 3.64. The number of aromatic nitrogens is 1. The zero-order valence-corrected chi connectivity index (χ0v) is 19.8. The first-order valence-electron chi connectivity index (χ1n) is 9.75. The smallest absolute Gasteiger partial charge is 0.185 e. The van der Waals surface area contributed by atoms with Crippen molar-refractivity contribution in [2.24, 2.45) is 0 Å². The lowest BCUT2D eigenvalue weighted by molar-refractivity contribution is 0.415. The first-order chi connectivity index (χ1) is 14.5. The summed E-state index contributed by atoms with van der Waals surface area (Å²) in [5, 5.41) is 3.35. The molecule has 0 N–H and O–H groups in total. The van der Waals surface area contributed by atoms with Crippen molar-refractivity contribution in [1.29, 1.82) is 0 Å². The summed E-state index contributed by atoms with van der Waals surface area (Å²) in [7, 11) is -1.66. The molecule has 2 aromatic carbocycles. The summed E-state index contributed by atoms with van der Waals surface area (Å²) in [4.78, 5) is 7.38. The zero-order chi connectivity index (χ0) is 21.1. The molecule has 30 heavy (non-hydrogen) atoms. The summed E-state index contributed by atoms with van der Waals surface area (Å²) in [6.45, 7) is 1.38. The molecule has 1 aliphatic rings. The molecule has 0 radical (unpaired) electrons. The van der Waals surface area contributed by atoms with E-state index in [0.717, 1.165) is 33.0 Å². The maximum atomic E-state index is 13.0. The Bertz CT molecular complexity index is 1110. The molecule has 3 aromatic rings. The van der Waals surface area contributed by atoms with E-state index < -0.39 is 9.84 Å². The van der Waals surface area contributed by atoms with Crippen LogP contribution in [0.4, 0.5) is 5.13 Å². The number of anilines is 1. The van der Waals surface area contributed by atoms with Crippen molar-refractivity contribution in [3.8, 4) is 17.0 Å². The number of methoxy groups -OCH3 is 1. The molecule has 0 spiro atoms. The third-order valence-corrected chi connectivity index (χ3v) is 9.24. The average molecular weight is 507 g/mol. The zero-order valence-electron chi connectivity index (χ0n) is 16.6. The highest BCUT2D eigenvalue weighted by atomic mass is 79.9. The summed E-state index contributed by atoms with van der Waals surface area (Å²) >= 11 is 4.99. The number of thiazole rings is 1. The summed E-state index contributed by atoms with van der Waals surface area (Å²) < 4.78 is 31.3. The number of sulfone groups is 1. The van der Waals surface area contributed by atoms with Gasteiger partial charge in [-0.2, -0.15) is 0 Å². The van der Waals surface area contributed by atoms with Crippen molar-refractivity contribution in [2.75, 3.05) is 25.1 Å². The van der Waals surface area contributed by atoms with Crippen LogP contribution < -0.4 is 9.64 Å². The number of ether oxygens (including phenoxy) is 1. The van der Waals surface area contributed by atoms with Gasteiger partial charge in [0.1, 0.15) is 5.75 Å². The summed E-state index contributed by atoms with van der Waals surface area (Å²) in [6.07, 6.45) is 1.22. The van der Waals surface area contributed by atoms with E-state index in [0.29, 0.717) is 30.8 Å². The Labute approximate surface area is 189 Å². The van der Waals surface area contributed by atoms with E-state index in [2.05, 4.69) is 20.8 Å². The van der Waals surface area contributed by atoms with Crippen LogP contribution in [0, 0.1) is 0 Å². The van der Waals surface area contributed by atoms with Crippen LogP contribution in [0.2, 0.25) is 0 Å². The third kappa shape index (κ3) is 4.40. The summed E-state index contributed by atoms with van der Waals surface area (Å²) in [5.41, 5.74) is 3.00. The Balaban J connectivity index is 1.44. The van der Waals surface area contributed by atoms with Gasteiger partial charge in [-0.05, 0) is 42.7 Å². The first kappa shape index (κ1) is 21.3. The van der Waals surface area contributed by atoms with E-state index in [1.165, 1.54) is 0 Å². The minimum absolute atomic E-state index is 0.346. The molecule has 158 valence electrons. The molecule has 2 heterocycles. The second-order valence-electron chi connectivity index (χ2n) is 7.26. The van der Waals surface area contributed by atoms with Crippen molar-refractivity contribution in [2.45, 2.75) is 28.3 Å². The molecule has 0 aliphatic carbocycles. The van der Waals surface area contributed by atoms with Crippen LogP contribution in [0.1, 0.15) is 18.4 Å². The highest BCUT2D eigenvalue weighted by Gasteiger charge is 2.32. The van der Waals surface area contributed by atoms with Crippen LogP contribution in [0.3, 0.4) is 0 Å². The van der Waals surface area contributed by atoms with Gasteiger partial charge in [-0.15, -0.1) is 11.3 Å². The average Bonchev–Trinajstić information content (AvgIpc) is 3.29. The van der Waals surface area contributed by atoms with Gasteiger partial charge in [0.15, 0.2) is 15.0 Å². The second kappa shape index (κ2) is 9.08. The normalized spacial score (nSPS) is 15.3. The molecular formula is C22H23BrN2O3S2. The van der Waals surface area contributed by atoms with Gasteiger partial charge in [0, 0.05) is 29.4 Å². The van der Waals surface area contributed by atoms with Crippen molar-refractivity contribution in [3.63, 3.8) is 0 Å². The highest BCUT2D eigenvalue weighted by Crippen LogP contribution is 2.32. The van der Waals surface area contributed by atoms with Crippen LogP contribution in [0.15, 0.2) is 58.8 Å². The lowest BCUT2D eigenvalue weighted by atomic mass is 10.1. The SMILES string of the molecule is COc1cccc(-c2csc(N3CCC(S(=O)(=O)c4ccc(CBr)cc4)CC3)n2)c1.